The third-order valence-corrected chi connectivity index (χ3v) is 3.87. The molecule has 2 aromatic carbocycles. The van der Waals surface area contributed by atoms with Crippen molar-refractivity contribution >= 4 is 26.7 Å². The van der Waals surface area contributed by atoms with Crippen LogP contribution in [0, 0.1) is 0 Å². The van der Waals surface area contributed by atoms with Crippen molar-refractivity contribution in [3.8, 4) is 0 Å². The van der Waals surface area contributed by atoms with Gasteiger partial charge < -0.3 is 10.6 Å². The lowest BCUT2D eigenvalue weighted by molar-refractivity contribution is 0.418. The molecule has 2 N–H and O–H groups in total. The summed E-state index contributed by atoms with van der Waals surface area (Å²) in [6.07, 6.45) is 1.15. The Balaban J connectivity index is 1.77. The van der Waals surface area contributed by atoms with Gasteiger partial charge in [-0.1, -0.05) is 34.1 Å². The van der Waals surface area contributed by atoms with Crippen LogP contribution in [-0.2, 0) is 6.54 Å². The van der Waals surface area contributed by atoms with Gasteiger partial charge >= 0.3 is 0 Å². The molecule has 2 rings (SSSR count). The third kappa shape index (κ3) is 5.77. The van der Waals surface area contributed by atoms with Crippen molar-refractivity contribution in [2.45, 2.75) is 39.3 Å². The number of hydrogen-bond acceptors (Lipinski definition) is 2. The second-order valence-corrected chi connectivity index (χ2v) is 7.45. The van der Waals surface area contributed by atoms with Crippen molar-refractivity contribution in [1.29, 1.82) is 0 Å². The first-order chi connectivity index (χ1) is 9.94. The summed E-state index contributed by atoms with van der Waals surface area (Å²) in [4.78, 5) is 0. The Morgan fingerprint density at radius 2 is 1.67 bits per heavy atom. The molecule has 3 heteroatoms. The highest BCUT2D eigenvalue weighted by Gasteiger charge is 2.06. The largest absolute Gasteiger partial charge is 0.313 e. The highest BCUT2D eigenvalue weighted by molar-refractivity contribution is 9.10. The molecule has 21 heavy (non-hydrogen) atoms. The summed E-state index contributed by atoms with van der Waals surface area (Å²) in [5.74, 6) is 0. The van der Waals surface area contributed by atoms with Crippen LogP contribution >= 0.6 is 15.9 Å². The average Bonchev–Trinajstić information content (AvgIpc) is 2.41. The van der Waals surface area contributed by atoms with Gasteiger partial charge in [0, 0.05) is 16.6 Å². The Kier molecular flexibility index (Phi) is 5.80. The van der Waals surface area contributed by atoms with Gasteiger partial charge in [0.1, 0.15) is 0 Å². The second kappa shape index (κ2) is 7.39. The van der Waals surface area contributed by atoms with Crippen molar-refractivity contribution in [3.05, 3.63) is 46.4 Å². The van der Waals surface area contributed by atoms with E-state index >= 15 is 0 Å². The van der Waals surface area contributed by atoms with Crippen LogP contribution in [0.2, 0.25) is 0 Å². The smallest absolute Gasteiger partial charge is 0.0205 e. The van der Waals surface area contributed by atoms with Crippen molar-refractivity contribution in [2.24, 2.45) is 0 Å². The first kappa shape index (κ1) is 16.5. The first-order valence-corrected chi connectivity index (χ1v) is 8.37. The number of nitrogens with one attached hydrogen (secondary N) is 2. The molecule has 0 bridgehead atoms. The number of hydrogen-bond donors (Lipinski definition) is 2. The molecule has 0 saturated heterocycles. The van der Waals surface area contributed by atoms with Gasteiger partial charge in [-0.05, 0) is 74.8 Å². The van der Waals surface area contributed by atoms with Gasteiger partial charge in [0.2, 0.25) is 0 Å². The van der Waals surface area contributed by atoms with E-state index in [2.05, 4.69) is 83.7 Å². The van der Waals surface area contributed by atoms with Crippen molar-refractivity contribution in [3.63, 3.8) is 0 Å². The predicted octanol–water partition coefficient (Wildman–Crippen LogP) is 4.47. The maximum absolute atomic E-state index is 3.51. The minimum Gasteiger partial charge on any atom is -0.313 e. The average molecular weight is 349 g/mol. The lowest BCUT2D eigenvalue weighted by Gasteiger charge is -2.20. The zero-order valence-electron chi connectivity index (χ0n) is 13.2. The summed E-state index contributed by atoms with van der Waals surface area (Å²) < 4.78 is 1.13. The van der Waals surface area contributed by atoms with E-state index in [0.29, 0.717) is 0 Å². The Morgan fingerprint density at radius 1 is 0.952 bits per heavy atom. The minimum absolute atomic E-state index is 0.215. The van der Waals surface area contributed by atoms with E-state index < -0.39 is 0 Å². The Hall–Kier alpha value is -0.900. The Morgan fingerprint density at radius 3 is 2.43 bits per heavy atom. The van der Waals surface area contributed by atoms with Crippen LogP contribution in [0.4, 0.5) is 0 Å². The lowest BCUT2D eigenvalue weighted by Crippen LogP contribution is -2.37. The highest BCUT2D eigenvalue weighted by atomic mass is 79.9. The zero-order valence-corrected chi connectivity index (χ0v) is 14.8. The Bertz CT molecular complexity index is 587. The molecular weight excluding hydrogens is 324 g/mol. The quantitative estimate of drug-likeness (QED) is 0.752. The fourth-order valence-electron chi connectivity index (χ4n) is 2.29. The van der Waals surface area contributed by atoms with Crippen molar-refractivity contribution in [2.75, 3.05) is 13.1 Å². The van der Waals surface area contributed by atoms with Crippen LogP contribution in [0.3, 0.4) is 0 Å². The molecule has 0 aromatic heterocycles. The van der Waals surface area contributed by atoms with Crippen molar-refractivity contribution < 1.29 is 0 Å². The fraction of sp³-hybridized carbons (Fsp3) is 0.444. The molecule has 0 aliphatic heterocycles. The van der Waals surface area contributed by atoms with E-state index in [4.69, 9.17) is 0 Å². The zero-order chi connectivity index (χ0) is 15.3. The molecule has 0 unspecified atom stereocenters. The molecule has 0 amide bonds. The van der Waals surface area contributed by atoms with Gasteiger partial charge in [-0.15, -0.1) is 0 Å². The molecule has 0 radical (unpaired) electrons. The summed E-state index contributed by atoms with van der Waals surface area (Å²) in [7, 11) is 0. The van der Waals surface area contributed by atoms with Crippen LogP contribution in [0.1, 0.15) is 32.8 Å². The number of fused-ring (bicyclic) bond motifs is 1. The van der Waals surface area contributed by atoms with Crippen LogP contribution in [0.5, 0.6) is 0 Å². The minimum atomic E-state index is 0.215. The summed E-state index contributed by atoms with van der Waals surface area (Å²) in [6.45, 7) is 9.64. The van der Waals surface area contributed by atoms with E-state index in [9.17, 15) is 0 Å². The van der Waals surface area contributed by atoms with E-state index in [1.54, 1.807) is 0 Å². The highest BCUT2D eigenvalue weighted by Crippen LogP contribution is 2.20. The molecule has 0 spiro atoms. The molecule has 0 aliphatic rings. The molecule has 2 aromatic rings. The molecule has 0 heterocycles. The number of halogens is 1. The standard InChI is InChI=1S/C18H25BrN2/c1-18(2,3)21-10-4-9-20-13-14-5-6-16-12-17(19)8-7-15(16)11-14/h5-8,11-12,20-21H,4,9-10,13H2,1-3H3. The number of rotatable bonds is 6. The first-order valence-electron chi connectivity index (χ1n) is 7.58. The topological polar surface area (TPSA) is 24.1 Å². The van der Waals surface area contributed by atoms with Gasteiger partial charge in [0.05, 0.1) is 0 Å². The summed E-state index contributed by atoms with van der Waals surface area (Å²) in [6, 6.07) is 13.1. The molecule has 0 saturated carbocycles. The van der Waals surface area contributed by atoms with E-state index in [0.717, 1.165) is 30.5 Å². The lowest BCUT2D eigenvalue weighted by atomic mass is 10.1. The van der Waals surface area contributed by atoms with Crippen LogP contribution in [-0.4, -0.2) is 18.6 Å². The van der Waals surface area contributed by atoms with Gasteiger partial charge in [-0.25, -0.2) is 0 Å². The second-order valence-electron chi connectivity index (χ2n) is 6.53. The molecule has 0 aliphatic carbocycles. The van der Waals surface area contributed by atoms with Crippen LogP contribution in [0.25, 0.3) is 10.8 Å². The molecular formula is C18H25BrN2. The monoisotopic (exact) mass is 348 g/mol. The predicted molar refractivity (Wildman–Crippen MR) is 95.7 cm³/mol. The SMILES string of the molecule is CC(C)(C)NCCCNCc1ccc2cc(Br)ccc2c1. The molecule has 114 valence electrons. The van der Waals surface area contributed by atoms with Gasteiger partial charge in [-0.3, -0.25) is 0 Å². The molecule has 0 atom stereocenters. The van der Waals surface area contributed by atoms with Crippen LogP contribution < -0.4 is 10.6 Å². The molecule has 2 nitrogen and oxygen atoms in total. The van der Waals surface area contributed by atoms with E-state index in [-0.39, 0.29) is 5.54 Å². The van der Waals surface area contributed by atoms with Crippen molar-refractivity contribution in [1.82, 2.24) is 10.6 Å². The van der Waals surface area contributed by atoms with Gasteiger partial charge in [-0.2, -0.15) is 0 Å². The number of benzene rings is 2. The van der Waals surface area contributed by atoms with E-state index in [1.165, 1.54) is 16.3 Å². The van der Waals surface area contributed by atoms with Crippen LogP contribution in [0.15, 0.2) is 40.9 Å². The molecule has 0 fully saturated rings. The summed E-state index contributed by atoms with van der Waals surface area (Å²) >= 11 is 3.51. The fourth-order valence-corrected chi connectivity index (χ4v) is 2.66. The Labute approximate surface area is 136 Å². The van der Waals surface area contributed by atoms with E-state index in [1.807, 2.05) is 0 Å². The maximum Gasteiger partial charge on any atom is 0.0205 e. The normalized spacial score (nSPS) is 12.0. The van der Waals surface area contributed by atoms with Gasteiger partial charge in [0.15, 0.2) is 0 Å². The summed E-state index contributed by atoms with van der Waals surface area (Å²) in [5, 5.41) is 9.60. The third-order valence-electron chi connectivity index (χ3n) is 3.38. The van der Waals surface area contributed by atoms with Gasteiger partial charge in [0.25, 0.3) is 0 Å². The summed E-state index contributed by atoms with van der Waals surface area (Å²) in [5.41, 5.74) is 1.56. The maximum atomic E-state index is 3.51.